The van der Waals surface area contributed by atoms with Gasteiger partial charge in [-0.2, -0.15) is 0 Å². The number of nitrogens with zero attached hydrogens (tertiary/aromatic N) is 1. The number of anilines is 1. The van der Waals surface area contributed by atoms with E-state index >= 15 is 0 Å². The van der Waals surface area contributed by atoms with E-state index in [1.54, 1.807) is 24.3 Å². The Kier molecular flexibility index (Phi) is 5.43. The monoisotopic (exact) mass is 402 g/mol. The molecule has 0 atom stereocenters. The molecule has 0 unspecified atom stereocenters. The van der Waals surface area contributed by atoms with Crippen molar-refractivity contribution in [3.63, 3.8) is 0 Å². The van der Waals surface area contributed by atoms with E-state index in [0.717, 1.165) is 4.90 Å². The lowest BCUT2D eigenvalue weighted by Gasteiger charge is -2.14. The van der Waals surface area contributed by atoms with Crippen molar-refractivity contribution >= 4 is 33.6 Å². The third kappa shape index (κ3) is 4.18. The van der Waals surface area contributed by atoms with Crippen LogP contribution in [0, 0.1) is 0 Å². The second kappa shape index (κ2) is 7.79. The summed E-state index contributed by atoms with van der Waals surface area (Å²) in [4.78, 5) is 37.4. The Morgan fingerprint density at radius 3 is 2.07 bits per heavy atom. The predicted molar refractivity (Wildman–Crippen MR) is 101 cm³/mol. The number of nitrogens with one attached hydrogen (secondary N) is 2. The number of fused-ring (bicyclic) bond motifs is 1. The topological polar surface area (TPSA) is 139 Å². The molecule has 0 spiro atoms. The molecule has 28 heavy (non-hydrogen) atoms. The molecule has 0 saturated heterocycles. The molecule has 2 aromatic carbocycles. The van der Waals surface area contributed by atoms with Crippen LogP contribution < -0.4 is 15.8 Å². The number of benzene rings is 2. The van der Waals surface area contributed by atoms with E-state index in [2.05, 4.69) is 10.6 Å². The maximum absolute atomic E-state index is 12.2. The minimum Gasteiger partial charge on any atom is -0.338 e. The lowest BCUT2D eigenvalue weighted by molar-refractivity contribution is 0.0653. The van der Waals surface area contributed by atoms with Gasteiger partial charge in [-0.3, -0.25) is 14.5 Å². The van der Waals surface area contributed by atoms with Crippen molar-refractivity contribution in [3.8, 4) is 0 Å². The number of carbonyl (C=O) groups is 3. The van der Waals surface area contributed by atoms with Gasteiger partial charge in [0.15, 0.2) is 0 Å². The Balaban J connectivity index is 1.45. The average molecular weight is 402 g/mol. The van der Waals surface area contributed by atoms with Gasteiger partial charge in [-0.1, -0.05) is 12.1 Å². The molecular formula is C18H18N4O5S. The maximum atomic E-state index is 12.2. The van der Waals surface area contributed by atoms with Gasteiger partial charge in [0, 0.05) is 18.8 Å². The smallest absolute Gasteiger partial charge is 0.319 e. The van der Waals surface area contributed by atoms with Gasteiger partial charge in [0.2, 0.25) is 10.0 Å². The molecule has 0 aromatic heterocycles. The Morgan fingerprint density at radius 2 is 1.54 bits per heavy atom. The number of imide groups is 1. The summed E-state index contributed by atoms with van der Waals surface area (Å²) < 4.78 is 22.4. The first-order valence-electron chi connectivity index (χ1n) is 8.40. The summed E-state index contributed by atoms with van der Waals surface area (Å²) >= 11 is 0. The summed E-state index contributed by atoms with van der Waals surface area (Å²) in [6, 6.07) is 11.5. The molecule has 0 bridgehead atoms. The highest BCUT2D eigenvalue weighted by Gasteiger charge is 2.34. The molecule has 10 heteroatoms. The highest BCUT2D eigenvalue weighted by atomic mass is 32.2. The van der Waals surface area contributed by atoms with Crippen LogP contribution in [0.5, 0.6) is 0 Å². The fourth-order valence-electron chi connectivity index (χ4n) is 2.78. The molecule has 1 heterocycles. The first-order chi connectivity index (χ1) is 13.3. The lowest BCUT2D eigenvalue weighted by atomic mass is 10.1. The average Bonchev–Trinajstić information content (AvgIpc) is 2.90. The van der Waals surface area contributed by atoms with Crippen molar-refractivity contribution < 1.29 is 22.8 Å². The van der Waals surface area contributed by atoms with Crippen molar-refractivity contribution in [3.05, 3.63) is 59.7 Å². The zero-order chi connectivity index (χ0) is 20.3. The van der Waals surface area contributed by atoms with Gasteiger partial charge in [-0.05, 0) is 42.8 Å². The summed E-state index contributed by atoms with van der Waals surface area (Å²) in [5.41, 5.74) is 1.17. The number of nitrogens with two attached hydrogens (primary N) is 1. The normalized spacial score (nSPS) is 13.4. The fourth-order valence-corrected chi connectivity index (χ4v) is 3.30. The molecule has 0 fully saturated rings. The van der Waals surface area contributed by atoms with E-state index in [9.17, 15) is 22.8 Å². The number of carbonyl (C=O) groups excluding carboxylic acids is 3. The molecule has 0 saturated carbocycles. The largest absolute Gasteiger partial charge is 0.338 e. The summed E-state index contributed by atoms with van der Waals surface area (Å²) in [6.07, 6.45) is 0.392. The fraction of sp³-hybridized carbons (Fsp3) is 0.167. The number of hydrogen-bond donors (Lipinski definition) is 3. The van der Waals surface area contributed by atoms with Gasteiger partial charge in [-0.25, -0.2) is 18.4 Å². The van der Waals surface area contributed by atoms with Crippen LogP contribution in [0.4, 0.5) is 10.5 Å². The van der Waals surface area contributed by atoms with E-state index in [1.165, 1.54) is 24.3 Å². The van der Waals surface area contributed by atoms with Crippen LogP contribution in [0.1, 0.15) is 27.1 Å². The van der Waals surface area contributed by atoms with E-state index in [4.69, 9.17) is 5.14 Å². The van der Waals surface area contributed by atoms with E-state index < -0.39 is 16.1 Å². The number of amides is 4. The summed E-state index contributed by atoms with van der Waals surface area (Å²) in [5, 5.41) is 10.2. The highest BCUT2D eigenvalue weighted by molar-refractivity contribution is 7.89. The van der Waals surface area contributed by atoms with Gasteiger partial charge < -0.3 is 10.6 Å². The van der Waals surface area contributed by atoms with Crippen LogP contribution in [0.3, 0.4) is 0 Å². The molecule has 3 rings (SSSR count). The van der Waals surface area contributed by atoms with Crippen molar-refractivity contribution in [1.29, 1.82) is 0 Å². The van der Waals surface area contributed by atoms with Crippen LogP contribution in [-0.4, -0.2) is 44.3 Å². The van der Waals surface area contributed by atoms with Gasteiger partial charge >= 0.3 is 6.03 Å². The standard InChI is InChI=1S/C18H18N4O5S/c19-28(26,27)13-8-6-12(7-9-13)21-18(25)20-10-3-11-22-16(23)14-4-1-2-5-15(14)17(22)24/h1-2,4-9H,3,10-11H2,(H2,19,26,27)(H2,20,21,25). The molecule has 4 N–H and O–H groups in total. The molecule has 0 aliphatic carbocycles. The Bertz CT molecular complexity index is 999. The van der Waals surface area contributed by atoms with Crippen LogP contribution in [0.2, 0.25) is 0 Å². The third-order valence-corrected chi connectivity index (χ3v) is 5.09. The van der Waals surface area contributed by atoms with Gasteiger partial charge in [-0.15, -0.1) is 0 Å². The molecule has 146 valence electrons. The van der Waals surface area contributed by atoms with Crippen LogP contribution in [0.25, 0.3) is 0 Å². The van der Waals surface area contributed by atoms with Crippen LogP contribution >= 0.6 is 0 Å². The van der Waals surface area contributed by atoms with Gasteiger partial charge in [0.25, 0.3) is 11.8 Å². The number of urea groups is 1. The van der Waals surface area contributed by atoms with E-state index in [-0.39, 0.29) is 29.8 Å². The molecular weight excluding hydrogens is 384 g/mol. The van der Waals surface area contributed by atoms with E-state index in [1.807, 2.05) is 0 Å². The van der Waals surface area contributed by atoms with Crippen LogP contribution in [0.15, 0.2) is 53.4 Å². The molecule has 0 radical (unpaired) electrons. The summed E-state index contributed by atoms with van der Waals surface area (Å²) in [5.74, 6) is -0.667. The highest BCUT2D eigenvalue weighted by Crippen LogP contribution is 2.22. The third-order valence-electron chi connectivity index (χ3n) is 4.16. The van der Waals surface area contributed by atoms with Crippen molar-refractivity contribution in [1.82, 2.24) is 10.2 Å². The van der Waals surface area contributed by atoms with Crippen molar-refractivity contribution in [2.24, 2.45) is 5.14 Å². The van der Waals surface area contributed by atoms with Crippen LogP contribution in [-0.2, 0) is 10.0 Å². The molecule has 2 aromatic rings. The summed E-state index contributed by atoms with van der Waals surface area (Å²) in [7, 11) is -3.79. The minimum absolute atomic E-state index is 0.0561. The second-order valence-electron chi connectivity index (χ2n) is 6.11. The molecule has 9 nitrogen and oxygen atoms in total. The Hall–Kier alpha value is -3.24. The minimum atomic E-state index is -3.79. The Labute approximate surface area is 161 Å². The van der Waals surface area contributed by atoms with Gasteiger partial charge in [0.1, 0.15) is 0 Å². The number of rotatable bonds is 6. The van der Waals surface area contributed by atoms with E-state index in [0.29, 0.717) is 23.2 Å². The first-order valence-corrected chi connectivity index (χ1v) is 9.95. The SMILES string of the molecule is NS(=O)(=O)c1ccc(NC(=O)NCCCN2C(=O)c3ccccc3C2=O)cc1. The molecule has 1 aliphatic rings. The maximum Gasteiger partial charge on any atom is 0.319 e. The number of sulfonamides is 1. The number of hydrogen-bond acceptors (Lipinski definition) is 5. The summed E-state index contributed by atoms with van der Waals surface area (Å²) in [6.45, 7) is 0.435. The Morgan fingerprint density at radius 1 is 0.964 bits per heavy atom. The van der Waals surface area contributed by atoms with Gasteiger partial charge in [0.05, 0.1) is 16.0 Å². The quantitative estimate of drug-likeness (QED) is 0.491. The van der Waals surface area contributed by atoms with Crippen molar-refractivity contribution in [2.45, 2.75) is 11.3 Å². The first kappa shape index (κ1) is 19.5. The lowest BCUT2D eigenvalue weighted by Crippen LogP contribution is -2.35. The predicted octanol–water partition coefficient (Wildman–Crippen LogP) is 1.14. The number of primary sulfonamides is 1. The van der Waals surface area contributed by atoms with Crippen molar-refractivity contribution in [2.75, 3.05) is 18.4 Å². The molecule has 1 aliphatic heterocycles. The zero-order valence-electron chi connectivity index (χ0n) is 14.7. The second-order valence-corrected chi connectivity index (χ2v) is 7.67. The molecule has 4 amide bonds. The zero-order valence-corrected chi connectivity index (χ0v) is 15.5.